The molecule has 5 rings (SSSR count). The van der Waals surface area contributed by atoms with Crippen LogP contribution < -0.4 is 15.5 Å². The number of carbonyl (C=O) groups is 2. The molecule has 1 aliphatic rings. The van der Waals surface area contributed by atoms with Crippen molar-refractivity contribution in [1.82, 2.24) is 20.3 Å². The van der Waals surface area contributed by atoms with E-state index in [1.165, 1.54) is 28.1 Å². The molecule has 11 heteroatoms. The Hall–Kier alpha value is -3.44. The van der Waals surface area contributed by atoms with Gasteiger partial charge >= 0.3 is 4.87 Å². The quantitative estimate of drug-likeness (QED) is 0.168. The first-order valence-corrected chi connectivity index (χ1v) is 12.1. The van der Waals surface area contributed by atoms with Crippen molar-refractivity contribution in [1.29, 1.82) is 0 Å². The number of anilines is 2. The van der Waals surface area contributed by atoms with Gasteiger partial charge in [0.25, 0.3) is 0 Å². The molecule has 168 valence electrons. The highest BCUT2D eigenvalue weighted by Crippen LogP contribution is 2.39. The van der Waals surface area contributed by atoms with Crippen molar-refractivity contribution in [3.05, 3.63) is 44.6 Å². The molecule has 2 atom stereocenters. The first-order chi connectivity index (χ1) is 16.0. The van der Waals surface area contributed by atoms with Gasteiger partial charge in [-0.25, -0.2) is 9.97 Å². The summed E-state index contributed by atoms with van der Waals surface area (Å²) < 4.78 is 0.887. The summed E-state index contributed by atoms with van der Waals surface area (Å²) in [6, 6.07) is 5.80. The number of aryl methyl sites for hydroxylation is 1. The van der Waals surface area contributed by atoms with Gasteiger partial charge in [-0.1, -0.05) is 11.3 Å². The molecule has 9 nitrogen and oxygen atoms in total. The van der Waals surface area contributed by atoms with E-state index < -0.39 is 5.92 Å². The van der Waals surface area contributed by atoms with Gasteiger partial charge in [-0.2, -0.15) is 0 Å². The van der Waals surface area contributed by atoms with Crippen LogP contribution in [0.2, 0.25) is 0 Å². The predicted octanol–water partition coefficient (Wildman–Crippen LogP) is 3.17. The number of aldehydes is 1. The van der Waals surface area contributed by atoms with E-state index >= 15 is 0 Å². The van der Waals surface area contributed by atoms with Gasteiger partial charge in [0.05, 0.1) is 33.9 Å². The highest BCUT2D eigenvalue weighted by atomic mass is 32.1. The third-order valence-corrected chi connectivity index (χ3v) is 7.62. The van der Waals surface area contributed by atoms with Crippen molar-refractivity contribution < 1.29 is 9.59 Å². The third-order valence-electron chi connectivity index (χ3n) is 5.61. The van der Waals surface area contributed by atoms with E-state index in [2.05, 4.69) is 30.6 Å². The number of nitrogens with one attached hydrogen (secondary N) is 3. The lowest BCUT2D eigenvalue weighted by Gasteiger charge is -2.19. The van der Waals surface area contributed by atoms with Crippen molar-refractivity contribution in [3.8, 4) is 0 Å². The number of thiophene rings is 1. The molecule has 0 aliphatic heterocycles. The second-order valence-electron chi connectivity index (χ2n) is 7.86. The molecule has 0 saturated carbocycles. The van der Waals surface area contributed by atoms with Crippen LogP contribution in [0.15, 0.2) is 34.3 Å². The van der Waals surface area contributed by atoms with E-state index in [4.69, 9.17) is 0 Å². The summed E-state index contributed by atoms with van der Waals surface area (Å²) in [7, 11) is 0. The van der Waals surface area contributed by atoms with E-state index in [0.29, 0.717) is 6.29 Å². The lowest BCUT2D eigenvalue weighted by molar-refractivity contribution is -0.127. The van der Waals surface area contributed by atoms with Gasteiger partial charge in [0.15, 0.2) is 0 Å². The number of amides is 1. The van der Waals surface area contributed by atoms with Gasteiger partial charge in [0.2, 0.25) is 5.91 Å². The molecular weight excluding hydrogens is 460 g/mol. The molecule has 1 amide bonds. The number of aliphatic imine (C=N–C) groups is 1. The Bertz CT molecular complexity index is 1450. The Kier molecular flexibility index (Phi) is 5.73. The van der Waals surface area contributed by atoms with Gasteiger partial charge in [-0.15, -0.1) is 11.3 Å². The number of benzene rings is 1. The monoisotopic (exact) mass is 480 g/mol. The zero-order valence-electron chi connectivity index (χ0n) is 17.6. The summed E-state index contributed by atoms with van der Waals surface area (Å²) in [5, 5.41) is 6.99. The van der Waals surface area contributed by atoms with Crippen LogP contribution in [0.25, 0.3) is 20.4 Å². The molecule has 0 fully saturated rings. The second-order valence-corrected chi connectivity index (χ2v) is 9.96. The number of rotatable bonds is 6. The molecule has 0 bridgehead atoms. The molecule has 3 N–H and O–H groups in total. The van der Waals surface area contributed by atoms with Crippen LogP contribution in [0.5, 0.6) is 0 Å². The summed E-state index contributed by atoms with van der Waals surface area (Å²) in [6.07, 6.45) is 6.00. The molecule has 1 aliphatic carbocycles. The molecule has 0 radical (unpaired) electrons. The second kappa shape index (κ2) is 8.83. The molecule has 0 spiro atoms. The van der Waals surface area contributed by atoms with Crippen molar-refractivity contribution >= 4 is 73.1 Å². The van der Waals surface area contributed by atoms with Crippen LogP contribution in [-0.2, 0) is 22.4 Å². The minimum Gasteiger partial charge on any atom is -0.340 e. The number of aromatic amines is 1. The predicted molar refractivity (Wildman–Crippen MR) is 131 cm³/mol. The third kappa shape index (κ3) is 4.29. The molecule has 3 heterocycles. The zero-order chi connectivity index (χ0) is 22.9. The highest BCUT2D eigenvalue weighted by Gasteiger charge is 2.25. The van der Waals surface area contributed by atoms with Crippen molar-refractivity contribution in [2.75, 3.05) is 5.32 Å². The van der Waals surface area contributed by atoms with Crippen LogP contribution in [-0.4, -0.2) is 39.5 Å². The van der Waals surface area contributed by atoms with Crippen LogP contribution >= 0.6 is 22.7 Å². The minimum absolute atomic E-state index is 0.0561. The summed E-state index contributed by atoms with van der Waals surface area (Å²) in [5.41, 5.74) is 2.91. The fourth-order valence-electron chi connectivity index (χ4n) is 3.87. The normalized spacial score (nSPS) is 16.7. The maximum atomic E-state index is 11.7. The number of nitrogens with zero attached hydrogens (tertiary/aromatic N) is 3. The Balaban J connectivity index is 1.37. The molecule has 2 unspecified atom stereocenters. The first kappa shape index (κ1) is 21.4. The SMILES string of the molecule is CC(C=O)C(=O)NC=NC1CCc2c(sc3ncnc(Nc4ccc5[nH]c(=O)sc5c4)c23)C1. The zero-order valence-corrected chi connectivity index (χ0v) is 19.3. The summed E-state index contributed by atoms with van der Waals surface area (Å²) in [6.45, 7) is 1.55. The number of thiazole rings is 1. The molecular formula is C22H20N6O3S2. The summed E-state index contributed by atoms with van der Waals surface area (Å²) in [5.74, 6) is -0.303. The average molecular weight is 481 g/mol. The fraction of sp³-hybridized carbons (Fsp3) is 0.273. The van der Waals surface area contributed by atoms with Gasteiger partial charge in [0.1, 0.15) is 23.3 Å². The molecule has 3 aromatic heterocycles. The van der Waals surface area contributed by atoms with E-state index in [0.717, 1.165) is 51.2 Å². The highest BCUT2D eigenvalue weighted by molar-refractivity contribution is 7.19. The van der Waals surface area contributed by atoms with E-state index in [1.54, 1.807) is 24.6 Å². The average Bonchev–Trinajstić information content (AvgIpc) is 3.37. The Morgan fingerprint density at radius 1 is 1.33 bits per heavy atom. The maximum Gasteiger partial charge on any atom is 0.305 e. The standard InChI is InChI=1S/C22H20N6O3S2/c1-11(8-29)20(30)25-9-23-12-2-4-14-16(6-12)32-21-18(14)19(24-10-26-21)27-13-3-5-15-17(7-13)33-22(31)28-15/h3,5,7-12H,2,4,6H2,1H3,(H,28,31)(H,23,25,30)(H,24,26,27). The molecule has 4 aromatic rings. The van der Waals surface area contributed by atoms with Gasteiger partial charge < -0.3 is 20.4 Å². The Labute approximate surface area is 196 Å². The van der Waals surface area contributed by atoms with Gasteiger partial charge in [0, 0.05) is 17.0 Å². The number of aromatic nitrogens is 3. The minimum atomic E-state index is -0.692. The van der Waals surface area contributed by atoms with Crippen molar-refractivity contribution in [2.45, 2.75) is 32.2 Å². The van der Waals surface area contributed by atoms with Gasteiger partial charge in [-0.05, 0) is 43.5 Å². The first-order valence-electron chi connectivity index (χ1n) is 10.4. The van der Waals surface area contributed by atoms with Crippen LogP contribution in [0.3, 0.4) is 0 Å². The smallest absolute Gasteiger partial charge is 0.305 e. The number of fused-ring (bicyclic) bond motifs is 4. The van der Waals surface area contributed by atoms with Crippen molar-refractivity contribution in [2.24, 2.45) is 10.9 Å². The van der Waals surface area contributed by atoms with Crippen LogP contribution in [0.4, 0.5) is 11.5 Å². The van der Waals surface area contributed by atoms with Crippen molar-refractivity contribution in [3.63, 3.8) is 0 Å². The topological polar surface area (TPSA) is 129 Å². The lowest BCUT2D eigenvalue weighted by Crippen LogP contribution is -2.29. The van der Waals surface area contributed by atoms with Crippen LogP contribution in [0.1, 0.15) is 23.8 Å². The Morgan fingerprint density at radius 3 is 3.06 bits per heavy atom. The largest absolute Gasteiger partial charge is 0.340 e. The number of hydrogen-bond donors (Lipinski definition) is 3. The number of H-pyrrole nitrogens is 1. The number of carbonyl (C=O) groups excluding carboxylic acids is 2. The molecule has 0 saturated heterocycles. The van der Waals surface area contributed by atoms with Gasteiger partial charge in [-0.3, -0.25) is 14.6 Å². The fourth-order valence-corrected chi connectivity index (χ4v) is 5.91. The Morgan fingerprint density at radius 2 is 2.21 bits per heavy atom. The summed E-state index contributed by atoms with van der Waals surface area (Å²) >= 11 is 2.82. The molecule has 1 aromatic carbocycles. The van der Waals surface area contributed by atoms with E-state index in [1.807, 2.05) is 18.2 Å². The maximum absolute atomic E-state index is 11.7. The summed E-state index contributed by atoms with van der Waals surface area (Å²) in [4.78, 5) is 52.4. The van der Waals surface area contributed by atoms with E-state index in [9.17, 15) is 14.4 Å². The molecule has 33 heavy (non-hydrogen) atoms. The number of hydrogen-bond acceptors (Lipinski definition) is 9. The lowest BCUT2D eigenvalue weighted by atomic mass is 9.93. The van der Waals surface area contributed by atoms with E-state index in [-0.39, 0.29) is 16.8 Å². The van der Waals surface area contributed by atoms with Crippen LogP contribution in [0, 0.1) is 5.92 Å².